The van der Waals surface area contributed by atoms with Crippen molar-refractivity contribution >= 4 is 18.1 Å². The highest BCUT2D eigenvalue weighted by Crippen LogP contribution is 2.17. The maximum Gasteiger partial charge on any atom is 0.404 e. The van der Waals surface area contributed by atoms with Gasteiger partial charge >= 0.3 is 6.09 Å². The molecular weight excluding hydrogens is 220 g/mol. The van der Waals surface area contributed by atoms with Crippen LogP contribution in [0.15, 0.2) is 23.5 Å². The molecule has 0 bridgehead atoms. The Morgan fingerprint density at radius 2 is 2.41 bits per heavy atom. The molecule has 6 heteroatoms. The normalized spacial score (nSPS) is 10.5. The van der Waals surface area contributed by atoms with Crippen LogP contribution in [0.2, 0.25) is 0 Å². The Kier molecular flexibility index (Phi) is 4.93. The first-order chi connectivity index (χ1) is 8.09. The number of amides is 1. The van der Waals surface area contributed by atoms with Gasteiger partial charge in [0.2, 0.25) is 0 Å². The third-order valence-electron chi connectivity index (χ3n) is 1.98. The maximum absolute atomic E-state index is 10.3. The van der Waals surface area contributed by atoms with E-state index in [-0.39, 0.29) is 0 Å². The average molecular weight is 236 g/mol. The summed E-state index contributed by atoms with van der Waals surface area (Å²) in [5.41, 5.74) is 1.72. The second kappa shape index (κ2) is 6.47. The van der Waals surface area contributed by atoms with Crippen molar-refractivity contribution in [3.63, 3.8) is 0 Å². The zero-order valence-electron chi connectivity index (χ0n) is 9.92. The van der Waals surface area contributed by atoms with Crippen molar-refractivity contribution in [3.8, 4) is 0 Å². The summed E-state index contributed by atoms with van der Waals surface area (Å²) in [4.78, 5) is 20.5. The van der Waals surface area contributed by atoms with E-state index in [0.29, 0.717) is 13.0 Å². The number of aliphatic imine (C=N–C) groups is 1. The van der Waals surface area contributed by atoms with Gasteiger partial charge in [-0.2, -0.15) is 0 Å². The van der Waals surface area contributed by atoms with Crippen LogP contribution in [0.3, 0.4) is 0 Å². The molecule has 1 amide bonds. The molecule has 0 unspecified atom stereocenters. The molecule has 0 atom stereocenters. The topological polar surface area (TPSA) is 77.8 Å². The molecule has 17 heavy (non-hydrogen) atoms. The third kappa shape index (κ3) is 4.96. The minimum absolute atomic E-state index is 0.353. The van der Waals surface area contributed by atoms with Crippen molar-refractivity contribution in [2.75, 3.05) is 20.6 Å². The molecule has 0 aliphatic rings. The fourth-order valence-corrected chi connectivity index (χ4v) is 1.22. The SMILES string of the molecule is CN(C)C=Nc1ccncc1CCNC(=O)O. The molecule has 0 spiro atoms. The Bertz CT molecular complexity index is 404. The van der Waals surface area contributed by atoms with Crippen molar-refractivity contribution in [3.05, 3.63) is 24.0 Å². The first kappa shape index (κ1) is 13.0. The summed E-state index contributed by atoms with van der Waals surface area (Å²) in [5, 5.41) is 10.8. The van der Waals surface area contributed by atoms with Crippen LogP contribution in [-0.2, 0) is 6.42 Å². The number of pyridine rings is 1. The molecule has 1 rings (SSSR count). The van der Waals surface area contributed by atoms with E-state index in [1.165, 1.54) is 0 Å². The molecule has 0 aliphatic heterocycles. The number of hydrogen-bond acceptors (Lipinski definition) is 3. The van der Waals surface area contributed by atoms with Gasteiger partial charge in [-0.1, -0.05) is 0 Å². The lowest BCUT2D eigenvalue weighted by Crippen LogP contribution is -2.23. The Labute approximate surface area is 100 Å². The van der Waals surface area contributed by atoms with E-state index >= 15 is 0 Å². The van der Waals surface area contributed by atoms with E-state index in [1.54, 1.807) is 24.8 Å². The molecule has 2 N–H and O–H groups in total. The van der Waals surface area contributed by atoms with Crippen molar-refractivity contribution in [2.45, 2.75) is 6.42 Å². The molecule has 0 saturated carbocycles. The summed E-state index contributed by atoms with van der Waals surface area (Å²) in [6.45, 7) is 0.353. The average Bonchev–Trinajstić information content (AvgIpc) is 2.27. The molecule has 1 aromatic rings. The molecule has 0 aliphatic carbocycles. The van der Waals surface area contributed by atoms with Crippen LogP contribution in [0, 0.1) is 0 Å². The van der Waals surface area contributed by atoms with Crippen LogP contribution in [0.5, 0.6) is 0 Å². The zero-order chi connectivity index (χ0) is 12.7. The van der Waals surface area contributed by atoms with E-state index in [0.717, 1.165) is 11.3 Å². The molecule has 1 heterocycles. The summed E-state index contributed by atoms with van der Waals surface area (Å²) < 4.78 is 0. The zero-order valence-corrected chi connectivity index (χ0v) is 9.92. The molecule has 6 nitrogen and oxygen atoms in total. The molecule has 0 aromatic carbocycles. The lowest BCUT2D eigenvalue weighted by atomic mass is 10.2. The monoisotopic (exact) mass is 236 g/mol. The van der Waals surface area contributed by atoms with Crippen molar-refractivity contribution < 1.29 is 9.90 Å². The van der Waals surface area contributed by atoms with E-state index in [1.807, 2.05) is 19.0 Å². The predicted octanol–water partition coefficient (Wildman–Crippen LogP) is 1.11. The number of rotatable bonds is 5. The highest BCUT2D eigenvalue weighted by atomic mass is 16.4. The van der Waals surface area contributed by atoms with Crippen LogP contribution in [-0.4, -0.2) is 48.1 Å². The number of carbonyl (C=O) groups is 1. The number of nitrogens with zero attached hydrogens (tertiary/aromatic N) is 3. The van der Waals surface area contributed by atoms with Gasteiger partial charge in [0.15, 0.2) is 0 Å². The second-order valence-electron chi connectivity index (χ2n) is 3.69. The standard InChI is InChI=1S/C11H16N4O2/c1-15(2)8-14-10-4-5-12-7-9(10)3-6-13-11(16)17/h4-5,7-8,13H,3,6H2,1-2H3,(H,16,17). The van der Waals surface area contributed by atoms with Gasteiger partial charge in [0, 0.05) is 33.0 Å². The smallest absolute Gasteiger partial charge is 0.404 e. The van der Waals surface area contributed by atoms with Gasteiger partial charge < -0.3 is 15.3 Å². The minimum atomic E-state index is -1.02. The van der Waals surface area contributed by atoms with Crippen LogP contribution >= 0.6 is 0 Å². The lowest BCUT2D eigenvalue weighted by molar-refractivity contribution is 0.194. The largest absolute Gasteiger partial charge is 0.465 e. The minimum Gasteiger partial charge on any atom is -0.465 e. The first-order valence-electron chi connectivity index (χ1n) is 5.20. The van der Waals surface area contributed by atoms with Gasteiger partial charge in [0.25, 0.3) is 0 Å². The van der Waals surface area contributed by atoms with Gasteiger partial charge in [0.1, 0.15) is 0 Å². The van der Waals surface area contributed by atoms with E-state index in [2.05, 4.69) is 15.3 Å². The Balaban J connectivity index is 2.67. The number of nitrogens with one attached hydrogen (secondary N) is 1. The highest BCUT2D eigenvalue weighted by Gasteiger charge is 2.01. The Morgan fingerprint density at radius 3 is 3.06 bits per heavy atom. The summed E-state index contributed by atoms with van der Waals surface area (Å²) in [5.74, 6) is 0. The lowest BCUT2D eigenvalue weighted by Gasteiger charge is -2.06. The molecular formula is C11H16N4O2. The fourth-order valence-electron chi connectivity index (χ4n) is 1.22. The van der Waals surface area contributed by atoms with Gasteiger partial charge in [-0.25, -0.2) is 9.79 Å². The fraction of sp³-hybridized carbons (Fsp3) is 0.364. The quantitative estimate of drug-likeness (QED) is 0.593. The number of aromatic nitrogens is 1. The first-order valence-corrected chi connectivity index (χ1v) is 5.20. The predicted molar refractivity (Wildman–Crippen MR) is 65.8 cm³/mol. The second-order valence-corrected chi connectivity index (χ2v) is 3.69. The molecule has 0 saturated heterocycles. The Hall–Kier alpha value is -2.11. The summed E-state index contributed by atoms with van der Waals surface area (Å²) >= 11 is 0. The summed E-state index contributed by atoms with van der Waals surface area (Å²) in [6, 6.07) is 1.80. The van der Waals surface area contributed by atoms with Crippen molar-refractivity contribution in [1.29, 1.82) is 0 Å². The van der Waals surface area contributed by atoms with Gasteiger partial charge in [-0.05, 0) is 18.1 Å². The van der Waals surface area contributed by atoms with Gasteiger partial charge in [-0.3, -0.25) is 4.98 Å². The van der Waals surface area contributed by atoms with E-state index < -0.39 is 6.09 Å². The molecule has 1 aromatic heterocycles. The number of hydrogen-bond donors (Lipinski definition) is 2. The highest BCUT2D eigenvalue weighted by molar-refractivity contribution is 5.64. The van der Waals surface area contributed by atoms with Crippen LogP contribution < -0.4 is 5.32 Å². The number of carboxylic acid groups (broad SMARTS) is 1. The van der Waals surface area contributed by atoms with Gasteiger partial charge in [0.05, 0.1) is 12.0 Å². The molecule has 0 fully saturated rings. The van der Waals surface area contributed by atoms with Crippen molar-refractivity contribution in [2.24, 2.45) is 4.99 Å². The van der Waals surface area contributed by atoms with Crippen LogP contribution in [0.25, 0.3) is 0 Å². The van der Waals surface area contributed by atoms with E-state index in [9.17, 15) is 4.79 Å². The molecule has 92 valence electrons. The van der Waals surface area contributed by atoms with Gasteiger partial charge in [-0.15, -0.1) is 0 Å². The third-order valence-corrected chi connectivity index (χ3v) is 1.98. The van der Waals surface area contributed by atoms with Crippen LogP contribution in [0.4, 0.5) is 10.5 Å². The van der Waals surface area contributed by atoms with Crippen molar-refractivity contribution in [1.82, 2.24) is 15.2 Å². The van der Waals surface area contributed by atoms with Crippen LogP contribution in [0.1, 0.15) is 5.56 Å². The Morgan fingerprint density at radius 1 is 1.65 bits per heavy atom. The summed E-state index contributed by atoms with van der Waals surface area (Å²) in [7, 11) is 3.77. The summed E-state index contributed by atoms with van der Waals surface area (Å²) in [6.07, 6.45) is 4.61. The van der Waals surface area contributed by atoms with E-state index in [4.69, 9.17) is 5.11 Å². The molecule has 0 radical (unpaired) electrons. The maximum atomic E-state index is 10.3.